The zero-order valence-electron chi connectivity index (χ0n) is 23.0. The number of nitrogens with zero attached hydrogens (tertiary/aromatic N) is 1. The molecule has 1 unspecified atom stereocenters. The number of hydrogen-bond donors (Lipinski definition) is 0. The molecule has 1 atom stereocenters. The van der Waals surface area contributed by atoms with E-state index in [9.17, 15) is 9.59 Å². The normalized spacial score (nSPS) is 13.9. The maximum atomic E-state index is 13.4. The predicted molar refractivity (Wildman–Crippen MR) is 151 cm³/mol. The van der Waals surface area contributed by atoms with Gasteiger partial charge in [-0.2, -0.15) is 0 Å². The Morgan fingerprint density at radius 3 is 2.08 bits per heavy atom. The van der Waals surface area contributed by atoms with Crippen LogP contribution in [-0.4, -0.2) is 43.6 Å². The molecule has 0 saturated carbocycles. The summed E-state index contributed by atoms with van der Waals surface area (Å²) in [5.74, 6) is -0.566. The van der Waals surface area contributed by atoms with Gasteiger partial charge in [0.2, 0.25) is 0 Å². The SMILES string of the molecule is CCN(C)CCOC(=O)C(C)(C)CC(C)(CC)C(=O)OCc1ccc2ccc3cccc4ccc1c2c34. The van der Waals surface area contributed by atoms with Gasteiger partial charge in [-0.05, 0) is 85.1 Å². The molecule has 4 rings (SSSR count). The van der Waals surface area contributed by atoms with E-state index in [-0.39, 0.29) is 18.5 Å². The molecule has 0 heterocycles. The molecular weight excluding hydrogens is 462 g/mol. The minimum Gasteiger partial charge on any atom is -0.464 e. The summed E-state index contributed by atoms with van der Waals surface area (Å²) in [5, 5.41) is 7.15. The van der Waals surface area contributed by atoms with Crippen molar-refractivity contribution in [2.75, 3.05) is 26.7 Å². The van der Waals surface area contributed by atoms with Crippen LogP contribution in [0.4, 0.5) is 0 Å². The lowest BCUT2D eigenvalue weighted by atomic mass is 9.72. The molecule has 0 aliphatic carbocycles. The van der Waals surface area contributed by atoms with Crippen molar-refractivity contribution in [2.45, 2.75) is 54.1 Å². The van der Waals surface area contributed by atoms with Crippen molar-refractivity contribution in [3.63, 3.8) is 0 Å². The molecule has 4 aromatic carbocycles. The quantitative estimate of drug-likeness (QED) is 0.164. The molecule has 5 nitrogen and oxygen atoms in total. The fourth-order valence-corrected chi connectivity index (χ4v) is 5.28. The largest absolute Gasteiger partial charge is 0.464 e. The van der Waals surface area contributed by atoms with E-state index in [2.05, 4.69) is 60.4 Å². The third-order valence-corrected chi connectivity index (χ3v) is 7.88. The summed E-state index contributed by atoms with van der Waals surface area (Å²) in [6, 6.07) is 19.1. The van der Waals surface area contributed by atoms with Crippen LogP contribution in [0, 0.1) is 10.8 Å². The molecule has 0 radical (unpaired) electrons. The van der Waals surface area contributed by atoms with Crippen LogP contribution >= 0.6 is 0 Å². The molecule has 0 N–H and O–H groups in total. The minimum absolute atomic E-state index is 0.191. The Morgan fingerprint density at radius 1 is 0.811 bits per heavy atom. The van der Waals surface area contributed by atoms with Gasteiger partial charge in [0.1, 0.15) is 13.2 Å². The molecule has 0 fully saturated rings. The van der Waals surface area contributed by atoms with Gasteiger partial charge in [-0.1, -0.05) is 68.4 Å². The average molecular weight is 502 g/mol. The summed E-state index contributed by atoms with van der Waals surface area (Å²) in [6.45, 7) is 11.7. The van der Waals surface area contributed by atoms with Crippen LogP contribution in [0.3, 0.4) is 0 Å². The minimum atomic E-state index is -0.804. The van der Waals surface area contributed by atoms with Crippen LogP contribution in [0.15, 0.2) is 54.6 Å². The van der Waals surface area contributed by atoms with Crippen LogP contribution in [-0.2, 0) is 25.7 Å². The molecule has 196 valence electrons. The van der Waals surface area contributed by atoms with Crippen LogP contribution in [0.5, 0.6) is 0 Å². The molecule has 5 heteroatoms. The molecule has 0 spiro atoms. The first-order valence-corrected chi connectivity index (χ1v) is 13.3. The van der Waals surface area contributed by atoms with E-state index in [4.69, 9.17) is 9.47 Å². The maximum absolute atomic E-state index is 13.4. The molecule has 0 aliphatic rings. The Morgan fingerprint density at radius 2 is 1.43 bits per heavy atom. The first-order chi connectivity index (χ1) is 17.6. The maximum Gasteiger partial charge on any atom is 0.312 e. The fourth-order valence-electron chi connectivity index (χ4n) is 5.28. The Bertz CT molecular complexity index is 1390. The molecule has 0 saturated heterocycles. The van der Waals surface area contributed by atoms with Crippen LogP contribution in [0.2, 0.25) is 0 Å². The molecule has 0 aliphatic heterocycles. The second-order valence-electron chi connectivity index (χ2n) is 11.2. The summed E-state index contributed by atoms with van der Waals surface area (Å²) in [4.78, 5) is 28.3. The smallest absolute Gasteiger partial charge is 0.312 e. The topological polar surface area (TPSA) is 55.8 Å². The number of ether oxygens (including phenoxy) is 2. The standard InChI is InChI=1S/C32H39NO4/c1-7-32(5,21-31(3,4)29(34)36-19-18-33(6)8-2)30(35)37-20-25-15-14-24-13-12-22-10-9-11-23-16-17-26(25)28(24)27(22)23/h9-17H,7-8,18-21H2,1-6H3. The molecule has 0 amide bonds. The second kappa shape index (κ2) is 10.7. The van der Waals surface area contributed by atoms with E-state index in [0.717, 1.165) is 17.5 Å². The van der Waals surface area contributed by atoms with Crippen LogP contribution in [0.25, 0.3) is 32.3 Å². The lowest BCUT2D eigenvalue weighted by Crippen LogP contribution is -2.39. The van der Waals surface area contributed by atoms with Crippen molar-refractivity contribution < 1.29 is 19.1 Å². The highest BCUT2D eigenvalue weighted by molar-refractivity contribution is 6.23. The van der Waals surface area contributed by atoms with Gasteiger partial charge in [0.05, 0.1) is 10.8 Å². The number of carbonyl (C=O) groups is 2. The van der Waals surface area contributed by atoms with Crippen molar-refractivity contribution >= 4 is 44.3 Å². The summed E-state index contributed by atoms with van der Waals surface area (Å²) < 4.78 is 11.5. The van der Waals surface area contributed by atoms with Crippen LogP contribution < -0.4 is 0 Å². The van der Waals surface area contributed by atoms with Gasteiger partial charge in [0.15, 0.2) is 0 Å². The van der Waals surface area contributed by atoms with E-state index in [1.807, 2.05) is 40.8 Å². The van der Waals surface area contributed by atoms with Gasteiger partial charge in [-0.25, -0.2) is 0 Å². The molecular formula is C32H39NO4. The van der Waals surface area contributed by atoms with Gasteiger partial charge in [0.25, 0.3) is 0 Å². The van der Waals surface area contributed by atoms with Crippen molar-refractivity contribution in [1.82, 2.24) is 4.90 Å². The third-order valence-electron chi connectivity index (χ3n) is 7.88. The fraction of sp³-hybridized carbons (Fsp3) is 0.438. The zero-order chi connectivity index (χ0) is 26.8. The molecule has 0 aromatic heterocycles. The third kappa shape index (κ3) is 5.42. The zero-order valence-corrected chi connectivity index (χ0v) is 23.0. The van der Waals surface area contributed by atoms with E-state index >= 15 is 0 Å². The molecule has 4 aromatic rings. The Kier molecular flexibility index (Phi) is 7.75. The summed E-state index contributed by atoms with van der Waals surface area (Å²) in [5.41, 5.74) is -0.620. The van der Waals surface area contributed by atoms with E-state index < -0.39 is 10.8 Å². The average Bonchev–Trinajstić information content (AvgIpc) is 2.90. The van der Waals surface area contributed by atoms with Gasteiger partial charge in [-0.3, -0.25) is 9.59 Å². The summed E-state index contributed by atoms with van der Waals surface area (Å²) in [6.07, 6.45) is 0.926. The van der Waals surface area contributed by atoms with E-state index in [1.54, 1.807) is 0 Å². The highest BCUT2D eigenvalue weighted by Gasteiger charge is 2.43. The lowest BCUT2D eigenvalue weighted by Gasteiger charge is -2.33. The van der Waals surface area contributed by atoms with Crippen molar-refractivity contribution in [3.8, 4) is 0 Å². The predicted octanol–water partition coefficient (Wildman–Crippen LogP) is 6.95. The first-order valence-electron chi connectivity index (χ1n) is 13.3. The van der Waals surface area contributed by atoms with Crippen molar-refractivity contribution in [2.24, 2.45) is 10.8 Å². The van der Waals surface area contributed by atoms with Crippen LogP contribution in [0.1, 0.15) is 53.0 Å². The Hall–Kier alpha value is -3.18. The van der Waals surface area contributed by atoms with E-state index in [0.29, 0.717) is 26.0 Å². The highest BCUT2D eigenvalue weighted by Crippen LogP contribution is 2.40. The number of hydrogen-bond acceptors (Lipinski definition) is 5. The van der Waals surface area contributed by atoms with Gasteiger partial charge >= 0.3 is 11.9 Å². The Balaban J connectivity index is 1.49. The number of likely N-dealkylation sites (N-methyl/N-ethyl adjacent to an activating group) is 1. The Labute approximate surface area is 220 Å². The highest BCUT2D eigenvalue weighted by atomic mass is 16.5. The van der Waals surface area contributed by atoms with Gasteiger partial charge in [-0.15, -0.1) is 0 Å². The summed E-state index contributed by atoms with van der Waals surface area (Å²) in [7, 11) is 1.99. The van der Waals surface area contributed by atoms with Crippen molar-refractivity contribution in [3.05, 3.63) is 60.2 Å². The van der Waals surface area contributed by atoms with Gasteiger partial charge in [0, 0.05) is 6.54 Å². The van der Waals surface area contributed by atoms with E-state index in [1.165, 1.54) is 26.9 Å². The molecule has 0 bridgehead atoms. The number of carbonyl (C=O) groups excluding carboxylic acids is 2. The van der Waals surface area contributed by atoms with Gasteiger partial charge < -0.3 is 14.4 Å². The monoisotopic (exact) mass is 501 g/mol. The molecule has 37 heavy (non-hydrogen) atoms. The second-order valence-corrected chi connectivity index (χ2v) is 11.2. The number of esters is 2. The summed E-state index contributed by atoms with van der Waals surface area (Å²) >= 11 is 0. The number of rotatable bonds is 11. The number of benzene rings is 4. The first kappa shape index (κ1) is 26.9. The lowest BCUT2D eigenvalue weighted by molar-refractivity contribution is -0.164. The van der Waals surface area contributed by atoms with Crippen molar-refractivity contribution in [1.29, 1.82) is 0 Å².